The third-order valence-electron chi connectivity index (χ3n) is 2.54. The average molecular weight is 272 g/mol. The fourth-order valence-electron chi connectivity index (χ4n) is 1.60. The molecule has 6 heteroatoms. The van der Waals surface area contributed by atoms with Gasteiger partial charge in [-0.25, -0.2) is 9.97 Å². The van der Waals surface area contributed by atoms with Crippen molar-refractivity contribution in [3.63, 3.8) is 0 Å². The van der Waals surface area contributed by atoms with Crippen LogP contribution in [0.25, 0.3) is 10.2 Å². The summed E-state index contributed by atoms with van der Waals surface area (Å²) in [6.07, 6.45) is 0.822. The lowest BCUT2D eigenvalue weighted by molar-refractivity contribution is 0.271. The van der Waals surface area contributed by atoms with Gasteiger partial charge in [0.05, 0.1) is 18.0 Å². The molecule has 2 aromatic heterocycles. The molecule has 2 N–H and O–H groups in total. The second-order valence-electron chi connectivity index (χ2n) is 3.85. The summed E-state index contributed by atoms with van der Waals surface area (Å²) in [6.45, 7) is 4.10. The summed E-state index contributed by atoms with van der Waals surface area (Å²) in [5.41, 5.74) is 0. The molecule has 0 aliphatic rings. The monoisotopic (exact) mass is 271 g/mol. The molecular formula is C11H14ClN3OS. The van der Waals surface area contributed by atoms with Crippen molar-refractivity contribution in [2.24, 2.45) is 0 Å². The van der Waals surface area contributed by atoms with Crippen molar-refractivity contribution < 1.29 is 5.11 Å². The Hall–Kier alpha value is -0.910. The highest BCUT2D eigenvalue weighted by Gasteiger charge is 2.12. The predicted molar refractivity (Wildman–Crippen MR) is 71.9 cm³/mol. The highest BCUT2D eigenvalue weighted by molar-refractivity contribution is 7.18. The van der Waals surface area contributed by atoms with Crippen LogP contribution in [-0.2, 0) is 0 Å². The van der Waals surface area contributed by atoms with E-state index in [0.717, 1.165) is 21.5 Å². The minimum absolute atomic E-state index is 0.00984. The number of halogens is 1. The van der Waals surface area contributed by atoms with Gasteiger partial charge in [-0.05, 0) is 31.0 Å². The van der Waals surface area contributed by atoms with E-state index in [0.29, 0.717) is 5.82 Å². The van der Waals surface area contributed by atoms with Crippen molar-refractivity contribution in [3.8, 4) is 0 Å². The van der Waals surface area contributed by atoms with Gasteiger partial charge in [-0.15, -0.1) is 11.3 Å². The first kappa shape index (κ1) is 12.5. The summed E-state index contributed by atoms with van der Waals surface area (Å²) in [5, 5.41) is 13.6. The maximum Gasteiger partial charge on any atom is 0.225 e. The van der Waals surface area contributed by atoms with Gasteiger partial charge < -0.3 is 10.4 Å². The first-order valence-corrected chi connectivity index (χ1v) is 6.64. The van der Waals surface area contributed by atoms with Crippen LogP contribution in [0.5, 0.6) is 0 Å². The fourth-order valence-corrected chi connectivity index (χ4v) is 2.69. The minimum atomic E-state index is -0.00984. The third-order valence-corrected chi connectivity index (χ3v) is 3.66. The number of fused-ring (bicyclic) bond motifs is 1. The Morgan fingerprint density at radius 2 is 2.29 bits per heavy atom. The normalized spacial score (nSPS) is 12.9. The number of aliphatic hydroxyl groups excluding tert-OH is 1. The lowest BCUT2D eigenvalue weighted by Gasteiger charge is -2.15. The maximum absolute atomic E-state index is 9.20. The Kier molecular flexibility index (Phi) is 3.81. The Bertz CT molecular complexity index is 525. The Morgan fingerprint density at radius 3 is 2.94 bits per heavy atom. The molecule has 1 unspecified atom stereocenters. The largest absolute Gasteiger partial charge is 0.394 e. The molecule has 0 spiro atoms. The molecule has 0 saturated heterocycles. The van der Waals surface area contributed by atoms with Crippen molar-refractivity contribution in [3.05, 3.63) is 16.2 Å². The maximum atomic E-state index is 9.20. The van der Waals surface area contributed by atoms with Crippen LogP contribution in [0.4, 0.5) is 5.82 Å². The van der Waals surface area contributed by atoms with Gasteiger partial charge in [0.1, 0.15) is 10.6 Å². The van der Waals surface area contributed by atoms with E-state index in [1.54, 1.807) is 11.3 Å². The Balaban J connectivity index is 2.44. The number of aryl methyl sites for hydroxylation is 1. The lowest BCUT2D eigenvalue weighted by atomic mass is 10.2. The number of aromatic nitrogens is 2. The molecule has 0 aliphatic carbocycles. The van der Waals surface area contributed by atoms with Gasteiger partial charge in [0.25, 0.3) is 0 Å². The number of hydrogen-bond donors (Lipinski definition) is 2. The minimum Gasteiger partial charge on any atom is -0.394 e. The Labute approximate surface area is 109 Å². The van der Waals surface area contributed by atoms with E-state index in [1.165, 1.54) is 0 Å². The number of aliphatic hydroxyl groups is 1. The molecule has 17 heavy (non-hydrogen) atoms. The van der Waals surface area contributed by atoms with E-state index in [-0.39, 0.29) is 17.9 Å². The molecule has 2 heterocycles. The smallest absolute Gasteiger partial charge is 0.225 e. The SMILES string of the molecule is CCC(CO)Nc1nc(Cl)nc2sc(C)cc12. The van der Waals surface area contributed by atoms with Crippen LogP contribution >= 0.6 is 22.9 Å². The Morgan fingerprint density at radius 1 is 1.53 bits per heavy atom. The van der Waals surface area contributed by atoms with Crippen LogP contribution in [0.2, 0.25) is 5.28 Å². The predicted octanol–water partition coefficient (Wildman–Crippen LogP) is 2.84. The quantitative estimate of drug-likeness (QED) is 0.840. The third kappa shape index (κ3) is 2.68. The van der Waals surface area contributed by atoms with Crippen molar-refractivity contribution >= 4 is 39.0 Å². The highest BCUT2D eigenvalue weighted by Crippen LogP contribution is 2.29. The number of hydrogen-bond acceptors (Lipinski definition) is 5. The lowest BCUT2D eigenvalue weighted by Crippen LogP contribution is -2.23. The van der Waals surface area contributed by atoms with Crippen LogP contribution < -0.4 is 5.32 Å². The van der Waals surface area contributed by atoms with E-state index in [1.807, 2.05) is 19.9 Å². The van der Waals surface area contributed by atoms with Crippen LogP contribution in [0.3, 0.4) is 0 Å². The first-order chi connectivity index (χ1) is 8.13. The molecule has 2 rings (SSSR count). The van der Waals surface area contributed by atoms with Crippen LogP contribution in [0, 0.1) is 6.92 Å². The summed E-state index contributed by atoms with van der Waals surface area (Å²) >= 11 is 7.47. The van der Waals surface area contributed by atoms with Crippen molar-refractivity contribution in [2.75, 3.05) is 11.9 Å². The molecule has 92 valence electrons. The molecule has 0 bridgehead atoms. The zero-order valence-corrected chi connectivity index (χ0v) is 11.3. The number of nitrogens with zero attached hydrogens (tertiary/aromatic N) is 2. The van der Waals surface area contributed by atoms with Gasteiger partial charge in [0.2, 0.25) is 5.28 Å². The van der Waals surface area contributed by atoms with E-state index >= 15 is 0 Å². The number of nitrogens with one attached hydrogen (secondary N) is 1. The summed E-state index contributed by atoms with van der Waals surface area (Å²) in [7, 11) is 0. The number of thiophene rings is 1. The molecule has 0 saturated carbocycles. The van der Waals surface area contributed by atoms with Crippen molar-refractivity contribution in [2.45, 2.75) is 26.3 Å². The highest BCUT2D eigenvalue weighted by atomic mass is 35.5. The number of anilines is 1. The summed E-state index contributed by atoms with van der Waals surface area (Å²) in [5.74, 6) is 0.699. The zero-order valence-electron chi connectivity index (χ0n) is 9.70. The van der Waals surface area contributed by atoms with E-state index in [4.69, 9.17) is 11.6 Å². The van der Waals surface area contributed by atoms with Gasteiger partial charge in [-0.1, -0.05) is 6.92 Å². The molecule has 4 nitrogen and oxygen atoms in total. The van der Waals surface area contributed by atoms with E-state index < -0.39 is 0 Å². The molecule has 0 fully saturated rings. The molecule has 2 aromatic rings. The van der Waals surface area contributed by atoms with E-state index in [2.05, 4.69) is 15.3 Å². The molecule has 0 radical (unpaired) electrons. The topological polar surface area (TPSA) is 58.0 Å². The number of rotatable bonds is 4. The fraction of sp³-hybridized carbons (Fsp3) is 0.455. The second kappa shape index (κ2) is 5.16. The molecule has 0 aliphatic heterocycles. The van der Waals surface area contributed by atoms with Gasteiger partial charge in [0.15, 0.2) is 0 Å². The van der Waals surface area contributed by atoms with Gasteiger partial charge in [0, 0.05) is 4.88 Å². The van der Waals surface area contributed by atoms with Gasteiger partial charge in [-0.3, -0.25) is 0 Å². The second-order valence-corrected chi connectivity index (χ2v) is 5.42. The molecule has 0 amide bonds. The summed E-state index contributed by atoms with van der Waals surface area (Å²) in [6, 6.07) is 2.02. The van der Waals surface area contributed by atoms with Crippen LogP contribution in [-0.4, -0.2) is 27.7 Å². The van der Waals surface area contributed by atoms with Crippen molar-refractivity contribution in [1.29, 1.82) is 0 Å². The summed E-state index contributed by atoms with van der Waals surface area (Å²) < 4.78 is 0. The van der Waals surface area contributed by atoms with Crippen LogP contribution in [0.15, 0.2) is 6.07 Å². The van der Waals surface area contributed by atoms with Crippen molar-refractivity contribution in [1.82, 2.24) is 9.97 Å². The van der Waals surface area contributed by atoms with Crippen LogP contribution in [0.1, 0.15) is 18.2 Å². The van der Waals surface area contributed by atoms with Gasteiger partial charge in [-0.2, -0.15) is 0 Å². The summed E-state index contributed by atoms with van der Waals surface area (Å²) in [4.78, 5) is 10.4. The standard InChI is InChI=1S/C11H14ClN3OS/c1-3-7(5-16)13-9-8-4-6(2)17-10(8)15-11(12)14-9/h4,7,16H,3,5H2,1-2H3,(H,13,14,15). The van der Waals surface area contributed by atoms with Gasteiger partial charge >= 0.3 is 0 Å². The molecule has 1 atom stereocenters. The molecule has 0 aromatic carbocycles. The first-order valence-electron chi connectivity index (χ1n) is 5.45. The van der Waals surface area contributed by atoms with E-state index in [9.17, 15) is 5.11 Å². The average Bonchev–Trinajstić information content (AvgIpc) is 2.66. The molecular weight excluding hydrogens is 258 g/mol. The zero-order chi connectivity index (χ0) is 12.4.